The molecule has 5 heteroatoms. The molecule has 2 heterocycles. The number of carbonyl (C=O) groups is 1. The van der Waals surface area contributed by atoms with Gasteiger partial charge in [0.2, 0.25) is 0 Å². The SMILES string of the molecule is O=C([O-])c1cccc2c1CCN(Cc1ccncc1)C2.[Na+]. The van der Waals surface area contributed by atoms with Crippen LogP contribution >= 0.6 is 0 Å². The van der Waals surface area contributed by atoms with Crippen LogP contribution in [0.5, 0.6) is 0 Å². The van der Waals surface area contributed by atoms with Gasteiger partial charge in [0.05, 0.1) is 5.97 Å². The molecule has 0 aliphatic carbocycles. The number of fused-ring (bicyclic) bond motifs is 1. The zero-order valence-corrected chi connectivity index (χ0v) is 14.1. The summed E-state index contributed by atoms with van der Waals surface area (Å²) in [6, 6.07) is 9.44. The van der Waals surface area contributed by atoms with Crippen molar-refractivity contribution in [3.63, 3.8) is 0 Å². The molecule has 1 aliphatic rings. The summed E-state index contributed by atoms with van der Waals surface area (Å²) in [5.74, 6) is -1.08. The van der Waals surface area contributed by atoms with Crippen LogP contribution in [0.2, 0.25) is 0 Å². The van der Waals surface area contributed by atoms with Crippen molar-refractivity contribution in [2.24, 2.45) is 0 Å². The van der Waals surface area contributed by atoms with Gasteiger partial charge in [0.1, 0.15) is 0 Å². The Morgan fingerprint density at radius 1 is 1.24 bits per heavy atom. The van der Waals surface area contributed by atoms with Crippen molar-refractivity contribution in [3.8, 4) is 0 Å². The first-order valence-corrected chi connectivity index (χ1v) is 6.67. The summed E-state index contributed by atoms with van der Waals surface area (Å²) in [6.45, 7) is 2.50. The van der Waals surface area contributed by atoms with Crippen LogP contribution in [0.1, 0.15) is 27.0 Å². The first kappa shape index (κ1) is 16.2. The molecule has 21 heavy (non-hydrogen) atoms. The van der Waals surface area contributed by atoms with Crippen molar-refractivity contribution in [1.29, 1.82) is 0 Å². The van der Waals surface area contributed by atoms with Gasteiger partial charge in [0.15, 0.2) is 0 Å². The summed E-state index contributed by atoms with van der Waals surface area (Å²) < 4.78 is 0. The maximum Gasteiger partial charge on any atom is 1.00 e. The minimum absolute atomic E-state index is 0. The zero-order valence-electron chi connectivity index (χ0n) is 12.1. The molecule has 0 amide bonds. The number of hydrogen-bond acceptors (Lipinski definition) is 4. The fourth-order valence-corrected chi connectivity index (χ4v) is 2.74. The maximum absolute atomic E-state index is 11.1. The van der Waals surface area contributed by atoms with Crippen molar-refractivity contribution in [2.75, 3.05) is 6.54 Å². The molecule has 0 saturated carbocycles. The number of hydrogen-bond donors (Lipinski definition) is 0. The normalized spacial score (nSPS) is 14.1. The third kappa shape index (κ3) is 3.71. The molecule has 1 aliphatic heterocycles. The Balaban J connectivity index is 0.00000161. The van der Waals surface area contributed by atoms with E-state index in [9.17, 15) is 9.90 Å². The van der Waals surface area contributed by atoms with Crippen LogP contribution in [0.15, 0.2) is 42.7 Å². The van der Waals surface area contributed by atoms with Crippen LogP contribution in [-0.4, -0.2) is 22.4 Å². The fourth-order valence-electron chi connectivity index (χ4n) is 2.74. The third-order valence-electron chi connectivity index (χ3n) is 3.72. The molecule has 0 radical (unpaired) electrons. The molecule has 0 atom stereocenters. The van der Waals surface area contributed by atoms with Gasteiger partial charge in [-0.1, -0.05) is 18.2 Å². The van der Waals surface area contributed by atoms with Crippen LogP contribution < -0.4 is 34.7 Å². The predicted octanol–water partition coefficient (Wildman–Crippen LogP) is -1.99. The molecule has 0 bridgehead atoms. The largest absolute Gasteiger partial charge is 1.00 e. The molecule has 4 nitrogen and oxygen atoms in total. The number of rotatable bonds is 3. The summed E-state index contributed by atoms with van der Waals surface area (Å²) in [6.07, 6.45) is 4.34. The monoisotopic (exact) mass is 290 g/mol. The van der Waals surface area contributed by atoms with Crippen LogP contribution in [0, 0.1) is 0 Å². The Hall–Kier alpha value is -1.20. The van der Waals surface area contributed by atoms with E-state index in [-0.39, 0.29) is 29.6 Å². The van der Waals surface area contributed by atoms with Gasteiger partial charge in [-0.2, -0.15) is 0 Å². The van der Waals surface area contributed by atoms with Crippen molar-refractivity contribution >= 4 is 5.97 Å². The molecule has 3 rings (SSSR count). The van der Waals surface area contributed by atoms with Gasteiger partial charge < -0.3 is 9.90 Å². The maximum atomic E-state index is 11.1. The van der Waals surface area contributed by atoms with E-state index in [4.69, 9.17) is 0 Å². The van der Waals surface area contributed by atoms with Gasteiger partial charge in [-0.15, -0.1) is 0 Å². The Morgan fingerprint density at radius 2 is 2.00 bits per heavy atom. The standard InChI is InChI=1S/C16H16N2O2.Na/c19-16(20)15-3-1-2-13-11-18(9-6-14(13)15)10-12-4-7-17-8-5-12;/h1-5,7-8H,6,9-11H2,(H,19,20);/q;+1/p-1. The quantitative estimate of drug-likeness (QED) is 0.614. The molecular formula is C16H15N2NaO2. The molecule has 0 unspecified atom stereocenters. The molecule has 0 saturated heterocycles. The number of carboxylic acid groups (broad SMARTS) is 1. The second-order valence-corrected chi connectivity index (χ2v) is 5.05. The Labute approximate surface area is 146 Å². The number of aromatic carboxylic acids is 1. The molecule has 1 aromatic heterocycles. The van der Waals surface area contributed by atoms with E-state index >= 15 is 0 Å². The fraction of sp³-hybridized carbons (Fsp3) is 0.250. The second-order valence-electron chi connectivity index (χ2n) is 5.05. The van der Waals surface area contributed by atoms with E-state index in [2.05, 4.69) is 9.88 Å². The van der Waals surface area contributed by atoms with Gasteiger partial charge in [0.25, 0.3) is 0 Å². The van der Waals surface area contributed by atoms with Crippen LogP contribution in [-0.2, 0) is 19.5 Å². The molecule has 0 spiro atoms. The zero-order chi connectivity index (χ0) is 13.9. The van der Waals surface area contributed by atoms with Crippen molar-refractivity contribution in [1.82, 2.24) is 9.88 Å². The molecule has 0 fully saturated rings. The molecule has 0 N–H and O–H groups in total. The van der Waals surface area contributed by atoms with E-state index in [0.717, 1.165) is 37.2 Å². The second kappa shape index (κ2) is 7.18. The van der Waals surface area contributed by atoms with Crippen molar-refractivity contribution in [3.05, 3.63) is 65.0 Å². The van der Waals surface area contributed by atoms with Gasteiger partial charge in [-0.3, -0.25) is 9.88 Å². The van der Waals surface area contributed by atoms with E-state index in [0.29, 0.717) is 5.56 Å². The average Bonchev–Trinajstić information content (AvgIpc) is 2.47. The van der Waals surface area contributed by atoms with E-state index in [1.807, 2.05) is 18.2 Å². The Kier molecular flexibility index (Phi) is 5.53. The topological polar surface area (TPSA) is 56.3 Å². The molecule has 102 valence electrons. The van der Waals surface area contributed by atoms with Gasteiger partial charge in [-0.25, -0.2) is 0 Å². The minimum Gasteiger partial charge on any atom is -0.545 e. The third-order valence-corrected chi connectivity index (χ3v) is 3.72. The number of carbonyl (C=O) groups excluding carboxylic acids is 1. The van der Waals surface area contributed by atoms with Crippen molar-refractivity contribution < 1.29 is 39.5 Å². The summed E-state index contributed by atoms with van der Waals surface area (Å²) in [4.78, 5) is 17.4. The summed E-state index contributed by atoms with van der Waals surface area (Å²) in [5.41, 5.74) is 3.58. The first-order valence-electron chi connectivity index (χ1n) is 6.67. The van der Waals surface area contributed by atoms with Crippen LogP contribution in [0.3, 0.4) is 0 Å². The first-order chi connectivity index (χ1) is 9.74. The number of carboxylic acids is 1. The number of nitrogens with zero attached hydrogens (tertiary/aromatic N) is 2. The van der Waals surface area contributed by atoms with Gasteiger partial charge in [-0.05, 0) is 35.2 Å². The van der Waals surface area contributed by atoms with Crippen LogP contribution in [0.4, 0.5) is 0 Å². The van der Waals surface area contributed by atoms with E-state index in [1.165, 1.54) is 5.56 Å². The average molecular weight is 290 g/mol. The molecular weight excluding hydrogens is 275 g/mol. The Morgan fingerprint density at radius 3 is 2.71 bits per heavy atom. The molecule has 1 aromatic carbocycles. The minimum atomic E-state index is -1.08. The predicted molar refractivity (Wildman–Crippen MR) is 72.8 cm³/mol. The number of benzene rings is 1. The molecule has 2 aromatic rings. The van der Waals surface area contributed by atoms with Gasteiger partial charge in [0, 0.05) is 37.6 Å². The Bertz CT molecular complexity index is 631. The van der Waals surface area contributed by atoms with E-state index < -0.39 is 5.97 Å². The summed E-state index contributed by atoms with van der Waals surface area (Å²) in [7, 11) is 0. The van der Waals surface area contributed by atoms with Gasteiger partial charge >= 0.3 is 29.6 Å². The van der Waals surface area contributed by atoms with Crippen molar-refractivity contribution in [2.45, 2.75) is 19.5 Å². The smallest absolute Gasteiger partial charge is 0.545 e. The van der Waals surface area contributed by atoms with E-state index in [1.54, 1.807) is 24.5 Å². The summed E-state index contributed by atoms with van der Waals surface area (Å²) >= 11 is 0. The summed E-state index contributed by atoms with van der Waals surface area (Å²) in [5, 5.41) is 11.1. The number of aromatic nitrogens is 1. The van der Waals surface area contributed by atoms with Crippen LogP contribution in [0.25, 0.3) is 0 Å². The number of pyridine rings is 1.